The molecule has 3 heteroatoms. The molecule has 0 spiro atoms. The number of rotatable bonds is 1. The SMILES string of the molecule is COc1c(O)ccc2c1-c1ccccc1CCN(C)C2. The molecule has 2 aromatic carbocycles. The maximum absolute atomic E-state index is 10.1. The first kappa shape index (κ1) is 13.0. The molecule has 0 saturated heterocycles. The third-order valence-electron chi connectivity index (χ3n) is 3.92. The van der Waals surface area contributed by atoms with E-state index in [1.165, 1.54) is 16.7 Å². The van der Waals surface area contributed by atoms with Crippen molar-refractivity contribution in [3.63, 3.8) is 0 Å². The molecule has 0 bridgehead atoms. The van der Waals surface area contributed by atoms with Crippen molar-refractivity contribution in [2.75, 3.05) is 20.7 Å². The topological polar surface area (TPSA) is 32.7 Å². The Balaban J connectivity index is 2.30. The van der Waals surface area contributed by atoms with Gasteiger partial charge in [-0.05, 0) is 36.2 Å². The van der Waals surface area contributed by atoms with Gasteiger partial charge in [0.2, 0.25) is 0 Å². The van der Waals surface area contributed by atoms with E-state index < -0.39 is 0 Å². The average molecular weight is 269 g/mol. The van der Waals surface area contributed by atoms with Crippen LogP contribution in [-0.4, -0.2) is 30.7 Å². The molecule has 0 aromatic heterocycles. The van der Waals surface area contributed by atoms with Gasteiger partial charge in [0.25, 0.3) is 0 Å². The van der Waals surface area contributed by atoms with Crippen LogP contribution in [0.1, 0.15) is 11.1 Å². The fourth-order valence-corrected chi connectivity index (χ4v) is 2.91. The van der Waals surface area contributed by atoms with Gasteiger partial charge in [-0.15, -0.1) is 0 Å². The molecule has 0 radical (unpaired) electrons. The summed E-state index contributed by atoms with van der Waals surface area (Å²) in [6.45, 7) is 1.89. The van der Waals surface area contributed by atoms with Gasteiger partial charge >= 0.3 is 0 Å². The van der Waals surface area contributed by atoms with Gasteiger partial charge in [0.1, 0.15) is 0 Å². The molecule has 20 heavy (non-hydrogen) atoms. The molecule has 0 saturated carbocycles. The highest BCUT2D eigenvalue weighted by atomic mass is 16.5. The third kappa shape index (κ3) is 2.14. The van der Waals surface area contributed by atoms with E-state index in [1.54, 1.807) is 13.2 Å². The molecule has 1 aliphatic rings. The first-order valence-corrected chi connectivity index (χ1v) is 6.86. The second-order valence-corrected chi connectivity index (χ2v) is 5.30. The number of methoxy groups -OCH3 is 1. The Morgan fingerprint density at radius 1 is 1.10 bits per heavy atom. The first-order valence-electron chi connectivity index (χ1n) is 6.86. The van der Waals surface area contributed by atoms with Crippen molar-refractivity contribution < 1.29 is 9.84 Å². The molecule has 0 atom stereocenters. The van der Waals surface area contributed by atoms with Crippen molar-refractivity contribution in [3.05, 3.63) is 47.5 Å². The summed E-state index contributed by atoms with van der Waals surface area (Å²) in [5, 5.41) is 10.1. The molecule has 3 nitrogen and oxygen atoms in total. The number of phenols is 1. The van der Waals surface area contributed by atoms with Crippen LogP contribution in [0, 0.1) is 0 Å². The molecule has 1 N–H and O–H groups in total. The zero-order chi connectivity index (χ0) is 14.1. The molecule has 104 valence electrons. The van der Waals surface area contributed by atoms with Crippen LogP contribution >= 0.6 is 0 Å². The fourth-order valence-electron chi connectivity index (χ4n) is 2.91. The van der Waals surface area contributed by atoms with Crippen LogP contribution in [0.3, 0.4) is 0 Å². The van der Waals surface area contributed by atoms with E-state index in [1.807, 2.05) is 12.1 Å². The molecule has 2 aromatic rings. The molecule has 0 aliphatic carbocycles. The monoisotopic (exact) mass is 269 g/mol. The van der Waals surface area contributed by atoms with Crippen LogP contribution in [0.15, 0.2) is 36.4 Å². The zero-order valence-electron chi connectivity index (χ0n) is 11.9. The predicted octanol–water partition coefficient (Wildman–Crippen LogP) is 3.06. The summed E-state index contributed by atoms with van der Waals surface area (Å²) in [6, 6.07) is 12.1. The van der Waals surface area contributed by atoms with Gasteiger partial charge in [-0.1, -0.05) is 30.3 Å². The summed E-state index contributed by atoms with van der Waals surface area (Å²) in [5.41, 5.74) is 4.68. The smallest absolute Gasteiger partial charge is 0.168 e. The van der Waals surface area contributed by atoms with E-state index in [-0.39, 0.29) is 5.75 Å². The number of phenolic OH excluding ortho intramolecular Hbond substituents is 1. The highest BCUT2D eigenvalue weighted by Gasteiger charge is 2.21. The minimum absolute atomic E-state index is 0.198. The summed E-state index contributed by atoms with van der Waals surface area (Å²) < 4.78 is 5.46. The lowest BCUT2D eigenvalue weighted by atomic mass is 9.91. The highest BCUT2D eigenvalue weighted by Crippen LogP contribution is 2.42. The van der Waals surface area contributed by atoms with Gasteiger partial charge in [-0.3, -0.25) is 0 Å². The largest absolute Gasteiger partial charge is 0.504 e. The van der Waals surface area contributed by atoms with Crippen LogP contribution < -0.4 is 4.74 Å². The summed E-state index contributed by atoms with van der Waals surface area (Å²) in [4.78, 5) is 2.30. The Labute approximate surface area is 119 Å². The van der Waals surface area contributed by atoms with Crippen molar-refractivity contribution in [2.24, 2.45) is 0 Å². The van der Waals surface area contributed by atoms with Crippen molar-refractivity contribution >= 4 is 0 Å². The third-order valence-corrected chi connectivity index (χ3v) is 3.92. The fraction of sp³-hybridized carbons (Fsp3) is 0.294. The molecule has 1 aliphatic heterocycles. The maximum atomic E-state index is 10.1. The Bertz CT molecular complexity index is 637. The number of hydrogen-bond acceptors (Lipinski definition) is 3. The van der Waals surface area contributed by atoms with Gasteiger partial charge in [-0.25, -0.2) is 0 Å². The number of likely N-dealkylation sites (N-methyl/N-ethyl adjacent to an activating group) is 1. The van der Waals surface area contributed by atoms with Crippen molar-refractivity contribution in [3.8, 4) is 22.6 Å². The molecular weight excluding hydrogens is 250 g/mol. The molecule has 1 heterocycles. The number of fused-ring (bicyclic) bond motifs is 3. The lowest BCUT2D eigenvalue weighted by molar-refractivity contribution is 0.327. The molecule has 0 fully saturated rings. The van der Waals surface area contributed by atoms with Crippen LogP contribution in [0.25, 0.3) is 11.1 Å². The number of aromatic hydroxyl groups is 1. The number of benzene rings is 2. The van der Waals surface area contributed by atoms with Crippen LogP contribution in [-0.2, 0) is 13.0 Å². The lowest BCUT2D eigenvalue weighted by Gasteiger charge is -2.25. The standard InChI is InChI=1S/C17H19NO2/c1-18-10-9-12-5-3-4-6-14(12)16-13(11-18)7-8-15(19)17(16)20-2/h3-8,19H,9-11H2,1-2H3. The van der Waals surface area contributed by atoms with E-state index in [4.69, 9.17) is 4.74 Å². The second-order valence-electron chi connectivity index (χ2n) is 5.30. The Morgan fingerprint density at radius 3 is 2.70 bits per heavy atom. The van der Waals surface area contributed by atoms with E-state index in [2.05, 4.69) is 30.1 Å². The maximum Gasteiger partial charge on any atom is 0.168 e. The average Bonchev–Trinajstić information content (AvgIpc) is 2.45. The quantitative estimate of drug-likeness (QED) is 0.863. The normalized spacial score (nSPS) is 14.9. The van der Waals surface area contributed by atoms with Crippen molar-refractivity contribution in [2.45, 2.75) is 13.0 Å². The number of nitrogens with zero attached hydrogens (tertiary/aromatic N) is 1. The molecule has 3 rings (SSSR count). The van der Waals surface area contributed by atoms with E-state index in [9.17, 15) is 5.11 Å². The van der Waals surface area contributed by atoms with Crippen molar-refractivity contribution in [1.82, 2.24) is 4.90 Å². The minimum atomic E-state index is 0.198. The number of ether oxygens (including phenoxy) is 1. The van der Waals surface area contributed by atoms with Crippen molar-refractivity contribution in [1.29, 1.82) is 0 Å². The first-order chi connectivity index (χ1) is 9.70. The predicted molar refractivity (Wildman–Crippen MR) is 80.1 cm³/mol. The second kappa shape index (κ2) is 5.17. The van der Waals surface area contributed by atoms with E-state index >= 15 is 0 Å². The van der Waals surface area contributed by atoms with Gasteiger partial charge in [0.05, 0.1) is 7.11 Å². The highest BCUT2D eigenvalue weighted by molar-refractivity contribution is 5.79. The Hall–Kier alpha value is -2.00. The van der Waals surface area contributed by atoms with Gasteiger partial charge in [0, 0.05) is 18.7 Å². The molecule has 0 unspecified atom stereocenters. The Morgan fingerprint density at radius 2 is 1.90 bits per heavy atom. The molecule has 0 amide bonds. The van der Waals surface area contributed by atoms with Crippen LogP contribution in [0.4, 0.5) is 0 Å². The summed E-state index contributed by atoms with van der Waals surface area (Å²) >= 11 is 0. The van der Waals surface area contributed by atoms with Crippen LogP contribution in [0.5, 0.6) is 11.5 Å². The van der Waals surface area contributed by atoms with E-state index in [0.717, 1.165) is 25.1 Å². The number of hydrogen-bond donors (Lipinski definition) is 1. The zero-order valence-corrected chi connectivity index (χ0v) is 11.9. The summed E-state index contributed by atoms with van der Waals surface area (Å²) in [6.07, 6.45) is 1.00. The minimum Gasteiger partial charge on any atom is -0.504 e. The lowest BCUT2D eigenvalue weighted by Crippen LogP contribution is -2.23. The molecular formula is C17H19NO2. The summed E-state index contributed by atoms with van der Waals surface area (Å²) in [5.74, 6) is 0.773. The van der Waals surface area contributed by atoms with Gasteiger partial charge < -0.3 is 14.7 Å². The summed E-state index contributed by atoms with van der Waals surface area (Å²) in [7, 11) is 3.73. The van der Waals surface area contributed by atoms with Gasteiger partial charge in [0.15, 0.2) is 11.5 Å². The van der Waals surface area contributed by atoms with Gasteiger partial charge in [-0.2, -0.15) is 0 Å². The van der Waals surface area contributed by atoms with Crippen LogP contribution in [0.2, 0.25) is 0 Å². The Kier molecular flexibility index (Phi) is 3.36. The van der Waals surface area contributed by atoms with E-state index in [0.29, 0.717) is 5.75 Å².